The van der Waals surface area contributed by atoms with Gasteiger partial charge in [0.05, 0.1) is 40.7 Å². The van der Waals surface area contributed by atoms with Crippen molar-refractivity contribution in [3.63, 3.8) is 0 Å². The molecule has 0 bridgehead atoms. The first-order valence-electron chi connectivity index (χ1n) is 18.3. The van der Waals surface area contributed by atoms with Gasteiger partial charge in [-0.1, -0.05) is 109 Å². The van der Waals surface area contributed by atoms with E-state index in [2.05, 4.69) is 169 Å². The van der Waals surface area contributed by atoms with E-state index in [1.54, 1.807) is 0 Å². The molecule has 0 aliphatic heterocycles. The summed E-state index contributed by atoms with van der Waals surface area (Å²) in [5.41, 5.74) is 12.6. The Bertz CT molecular complexity index is 3420. The molecular formula is C50H29N5. The Balaban J connectivity index is 1.13. The highest BCUT2D eigenvalue weighted by molar-refractivity contribution is 6.15. The molecule has 0 fully saturated rings. The number of hydrogen-bond acceptors (Lipinski definition) is 0. The lowest BCUT2D eigenvalue weighted by Crippen LogP contribution is -1.98. The van der Waals surface area contributed by atoms with Crippen LogP contribution >= 0.6 is 0 Å². The summed E-state index contributed by atoms with van der Waals surface area (Å²) in [7, 11) is 0. The molecular weight excluding hydrogens is 671 g/mol. The zero-order chi connectivity index (χ0) is 36.6. The van der Waals surface area contributed by atoms with E-state index in [9.17, 15) is 0 Å². The average Bonchev–Trinajstić information content (AvgIpc) is 3.89. The third-order valence-electron chi connectivity index (χ3n) is 11.1. The van der Waals surface area contributed by atoms with E-state index >= 15 is 0 Å². The van der Waals surface area contributed by atoms with Crippen molar-refractivity contribution >= 4 is 76.8 Å². The number of hydrogen-bond donors (Lipinski definition) is 0. The minimum absolute atomic E-state index is 0.588. The van der Waals surface area contributed by atoms with Gasteiger partial charge in [0.25, 0.3) is 0 Å². The van der Waals surface area contributed by atoms with Gasteiger partial charge in [-0.05, 0) is 83.2 Å². The van der Waals surface area contributed by atoms with Gasteiger partial charge in [0, 0.05) is 49.5 Å². The van der Waals surface area contributed by atoms with Gasteiger partial charge in [-0.3, -0.25) is 0 Å². The molecule has 0 spiro atoms. The van der Waals surface area contributed by atoms with E-state index in [0.717, 1.165) is 61.0 Å². The van der Waals surface area contributed by atoms with Crippen LogP contribution in [0.25, 0.3) is 103 Å². The van der Waals surface area contributed by atoms with Crippen molar-refractivity contribution in [3.05, 3.63) is 199 Å². The Kier molecular flexibility index (Phi) is 6.61. The standard InChI is InChI=1S/C50H29N5/c1-51-42-28-26-34(30-41(42)32-13-11-14-33(29-32)54-47-23-10-6-18-40(47)50-43(52-2)19-12-24-48(50)54)55-46-22-9-5-17-38(46)39-27-25-35(31-49(39)55)53-44-20-7-3-15-36(44)37-16-4-8-21-45(37)53/h3-31H. The van der Waals surface area contributed by atoms with Crippen molar-refractivity contribution in [1.82, 2.24) is 13.7 Å². The fourth-order valence-corrected chi connectivity index (χ4v) is 8.75. The van der Waals surface area contributed by atoms with Crippen LogP contribution in [0.1, 0.15) is 0 Å². The summed E-state index contributed by atoms with van der Waals surface area (Å²) in [5.74, 6) is 0. The minimum Gasteiger partial charge on any atom is -0.311 e. The maximum atomic E-state index is 8.22. The van der Waals surface area contributed by atoms with E-state index in [1.165, 1.54) is 32.6 Å². The fraction of sp³-hybridized carbons (Fsp3) is 0. The number of rotatable bonds is 4. The molecule has 8 aromatic carbocycles. The lowest BCUT2D eigenvalue weighted by molar-refractivity contribution is 1.15. The van der Waals surface area contributed by atoms with Crippen LogP contribution in [0.5, 0.6) is 0 Å². The van der Waals surface area contributed by atoms with Gasteiger partial charge in [-0.2, -0.15) is 0 Å². The van der Waals surface area contributed by atoms with Crippen molar-refractivity contribution < 1.29 is 0 Å². The summed E-state index contributed by atoms with van der Waals surface area (Å²) in [6.45, 7) is 16.1. The highest BCUT2D eigenvalue weighted by atomic mass is 15.0. The molecule has 3 aromatic heterocycles. The zero-order valence-corrected chi connectivity index (χ0v) is 29.5. The molecule has 0 saturated carbocycles. The zero-order valence-electron chi connectivity index (χ0n) is 29.5. The predicted octanol–water partition coefficient (Wildman–Crippen LogP) is 13.7. The Morgan fingerprint density at radius 2 is 0.800 bits per heavy atom. The fourth-order valence-electron chi connectivity index (χ4n) is 8.75. The summed E-state index contributed by atoms with van der Waals surface area (Å²) in [6, 6.07) is 61.3. The van der Waals surface area contributed by atoms with Gasteiger partial charge in [-0.15, -0.1) is 0 Å². The largest absolute Gasteiger partial charge is 0.311 e. The summed E-state index contributed by atoms with van der Waals surface area (Å²) < 4.78 is 6.93. The highest BCUT2D eigenvalue weighted by Crippen LogP contribution is 2.41. The number of benzene rings is 8. The lowest BCUT2D eigenvalue weighted by atomic mass is 10.0. The molecule has 0 saturated heterocycles. The van der Waals surface area contributed by atoms with Crippen LogP contribution in [0.4, 0.5) is 11.4 Å². The molecule has 0 atom stereocenters. The quantitative estimate of drug-likeness (QED) is 0.163. The maximum absolute atomic E-state index is 8.22. The minimum atomic E-state index is 0.588. The van der Waals surface area contributed by atoms with Crippen LogP contribution in [-0.4, -0.2) is 13.7 Å². The molecule has 254 valence electrons. The third-order valence-corrected chi connectivity index (χ3v) is 11.1. The summed E-state index contributed by atoms with van der Waals surface area (Å²) in [5, 5.41) is 6.80. The second-order valence-corrected chi connectivity index (χ2v) is 13.9. The molecule has 0 aliphatic carbocycles. The van der Waals surface area contributed by atoms with E-state index in [-0.39, 0.29) is 0 Å². The maximum Gasteiger partial charge on any atom is 0.197 e. The van der Waals surface area contributed by atoms with Crippen LogP contribution in [0.15, 0.2) is 176 Å². The molecule has 5 nitrogen and oxygen atoms in total. The number of fused-ring (bicyclic) bond motifs is 9. The molecule has 0 amide bonds. The Hall–Kier alpha value is -7.86. The first-order valence-corrected chi connectivity index (χ1v) is 18.3. The average molecular weight is 700 g/mol. The molecule has 3 heterocycles. The number of aromatic nitrogens is 3. The monoisotopic (exact) mass is 699 g/mol. The van der Waals surface area contributed by atoms with E-state index in [4.69, 9.17) is 13.1 Å². The second-order valence-electron chi connectivity index (χ2n) is 13.9. The summed E-state index contributed by atoms with van der Waals surface area (Å²) >= 11 is 0. The topological polar surface area (TPSA) is 23.5 Å². The summed E-state index contributed by atoms with van der Waals surface area (Å²) in [4.78, 5) is 7.88. The molecule has 0 N–H and O–H groups in total. The number of para-hydroxylation sites is 4. The van der Waals surface area contributed by atoms with Crippen LogP contribution in [-0.2, 0) is 0 Å². The van der Waals surface area contributed by atoms with Crippen molar-refractivity contribution in [1.29, 1.82) is 0 Å². The van der Waals surface area contributed by atoms with Gasteiger partial charge in [0.15, 0.2) is 11.4 Å². The van der Waals surface area contributed by atoms with E-state index in [0.29, 0.717) is 11.4 Å². The summed E-state index contributed by atoms with van der Waals surface area (Å²) in [6.07, 6.45) is 0. The number of nitrogens with zero attached hydrogens (tertiary/aromatic N) is 5. The molecule has 0 unspecified atom stereocenters. The first kappa shape index (κ1) is 30.7. The van der Waals surface area contributed by atoms with Crippen LogP contribution in [0.3, 0.4) is 0 Å². The Labute approximate surface area is 316 Å². The first-order chi connectivity index (χ1) is 27.2. The smallest absolute Gasteiger partial charge is 0.197 e. The van der Waals surface area contributed by atoms with Gasteiger partial charge < -0.3 is 13.7 Å². The van der Waals surface area contributed by atoms with Crippen molar-refractivity contribution in [2.45, 2.75) is 0 Å². The van der Waals surface area contributed by atoms with Gasteiger partial charge >= 0.3 is 0 Å². The van der Waals surface area contributed by atoms with Gasteiger partial charge in [0.2, 0.25) is 0 Å². The van der Waals surface area contributed by atoms with Gasteiger partial charge in [-0.25, -0.2) is 9.69 Å². The van der Waals surface area contributed by atoms with E-state index in [1.807, 2.05) is 30.3 Å². The van der Waals surface area contributed by atoms with Crippen molar-refractivity contribution in [2.75, 3.05) is 0 Å². The third kappa shape index (κ3) is 4.45. The van der Waals surface area contributed by atoms with Crippen LogP contribution in [0.2, 0.25) is 0 Å². The van der Waals surface area contributed by atoms with Crippen LogP contribution in [0, 0.1) is 13.1 Å². The predicted molar refractivity (Wildman–Crippen MR) is 227 cm³/mol. The normalized spacial score (nSPS) is 11.6. The lowest BCUT2D eigenvalue weighted by Gasteiger charge is -2.15. The molecule has 5 heteroatoms. The van der Waals surface area contributed by atoms with Gasteiger partial charge in [0.1, 0.15) is 0 Å². The molecule has 11 aromatic rings. The van der Waals surface area contributed by atoms with Crippen molar-refractivity contribution in [3.8, 4) is 28.2 Å². The molecule has 0 aliphatic rings. The highest BCUT2D eigenvalue weighted by Gasteiger charge is 2.19. The molecule has 55 heavy (non-hydrogen) atoms. The van der Waals surface area contributed by atoms with Crippen molar-refractivity contribution in [2.24, 2.45) is 0 Å². The SMILES string of the molecule is [C-]#[N+]c1ccc(-n2c3ccccc3c3ccc(-n4c5ccccc5c5ccccc54)cc32)cc1-c1cccc(-n2c3ccccc3c3c([N+]#[C-])cccc32)c1. The van der Waals surface area contributed by atoms with E-state index < -0.39 is 0 Å². The van der Waals surface area contributed by atoms with Crippen LogP contribution < -0.4 is 0 Å². The Morgan fingerprint density at radius 1 is 0.327 bits per heavy atom. The molecule has 0 radical (unpaired) electrons. The Morgan fingerprint density at radius 3 is 1.45 bits per heavy atom. The second kappa shape index (κ2) is 11.8. The molecule has 11 rings (SSSR count).